The van der Waals surface area contributed by atoms with E-state index in [1.54, 1.807) is 0 Å². The Morgan fingerprint density at radius 1 is 1.35 bits per heavy atom. The van der Waals surface area contributed by atoms with Gasteiger partial charge in [0.1, 0.15) is 6.04 Å². The minimum atomic E-state index is -1.01. The summed E-state index contributed by atoms with van der Waals surface area (Å²) in [4.78, 5) is 14.7. The zero-order valence-electron chi connectivity index (χ0n) is 11.5. The number of carboxylic acids is 1. The number of fused-ring (bicyclic) bond motifs is 1. The Kier molecular flexibility index (Phi) is 4.65. The Balaban J connectivity index is 2.46. The molecule has 0 saturated heterocycles. The fourth-order valence-corrected chi connectivity index (χ4v) is 4.26. The van der Waals surface area contributed by atoms with Crippen molar-refractivity contribution < 1.29 is 14.4 Å². The fraction of sp³-hybridized carbons (Fsp3) is 0.357. The molecule has 6 heteroatoms. The Labute approximate surface area is 145 Å². The number of carbonyl (C=O) groups excluding carboxylic acids is 1. The SMILES string of the molecule is C[N+](C)(C)[C@@H](Cc1c[nH]c2c(I)cc(I)cc12)C(=O)[O-]. The minimum absolute atomic E-state index is 0.343. The lowest BCUT2D eigenvalue weighted by Crippen LogP contribution is -2.55. The van der Waals surface area contributed by atoms with Crippen molar-refractivity contribution in [2.45, 2.75) is 12.5 Å². The van der Waals surface area contributed by atoms with Crippen molar-refractivity contribution in [3.63, 3.8) is 0 Å². The number of quaternary nitrogens is 1. The molecule has 0 amide bonds. The van der Waals surface area contributed by atoms with Gasteiger partial charge in [-0.05, 0) is 62.9 Å². The number of hydrogen-bond acceptors (Lipinski definition) is 2. The third-order valence-corrected chi connectivity index (χ3v) is 4.89. The van der Waals surface area contributed by atoms with Gasteiger partial charge in [0.05, 0.1) is 32.6 Å². The van der Waals surface area contributed by atoms with Gasteiger partial charge in [0.15, 0.2) is 0 Å². The van der Waals surface area contributed by atoms with Crippen molar-refractivity contribution in [1.82, 2.24) is 4.98 Å². The Morgan fingerprint density at radius 2 is 2.00 bits per heavy atom. The maximum absolute atomic E-state index is 11.4. The van der Waals surface area contributed by atoms with E-state index < -0.39 is 12.0 Å². The second-order valence-electron chi connectivity index (χ2n) is 5.78. The van der Waals surface area contributed by atoms with Crippen LogP contribution in [0.15, 0.2) is 18.3 Å². The number of aliphatic carboxylic acids is 1. The number of aromatic amines is 1. The van der Waals surface area contributed by atoms with Crippen LogP contribution in [0.1, 0.15) is 5.56 Å². The number of H-pyrrole nitrogens is 1. The molecule has 0 radical (unpaired) electrons. The van der Waals surface area contributed by atoms with Crippen molar-refractivity contribution in [2.75, 3.05) is 21.1 Å². The van der Waals surface area contributed by atoms with Gasteiger partial charge in [0.25, 0.3) is 0 Å². The van der Waals surface area contributed by atoms with Crippen LogP contribution in [0.3, 0.4) is 0 Å². The Bertz CT molecular complexity index is 659. The number of aromatic nitrogens is 1. The molecule has 108 valence electrons. The van der Waals surface area contributed by atoms with Crippen LogP contribution < -0.4 is 5.11 Å². The first-order valence-electron chi connectivity index (χ1n) is 6.17. The summed E-state index contributed by atoms with van der Waals surface area (Å²) in [7, 11) is 5.63. The number of rotatable bonds is 4. The molecule has 20 heavy (non-hydrogen) atoms. The van der Waals surface area contributed by atoms with E-state index >= 15 is 0 Å². The topological polar surface area (TPSA) is 55.9 Å². The summed E-state index contributed by atoms with van der Waals surface area (Å²) in [6.45, 7) is 0. The maximum Gasteiger partial charge on any atom is 0.133 e. The molecule has 0 aliphatic rings. The second-order valence-corrected chi connectivity index (χ2v) is 8.19. The van der Waals surface area contributed by atoms with Gasteiger partial charge in [-0.2, -0.15) is 0 Å². The minimum Gasteiger partial charge on any atom is -0.544 e. The van der Waals surface area contributed by atoms with Crippen LogP contribution in [0.25, 0.3) is 10.9 Å². The molecule has 0 bridgehead atoms. The number of carbonyl (C=O) groups is 1. The number of carboxylic acid groups (broad SMARTS) is 1. The third-order valence-electron chi connectivity index (χ3n) is 3.41. The summed E-state index contributed by atoms with van der Waals surface area (Å²) < 4.78 is 2.64. The van der Waals surface area contributed by atoms with Gasteiger partial charge in [-0.15, -0.1) is 0 Å². The predicted molar refractivity (Wildman–Crippen MR) is 94.3 cm³/mol. The summed E-state index contributed by atoms with van der Waals surface area (Å²) >= 11 is 4.57. The highest BCUT2D eigenvalue weighted by atomic mass is 127. The molecule has 0 spiro atoms. The number of likely N-dealkylation sites (N-methyl/N-ethyl adjacent to an activating group) is 1. The van der Waals surface area contributed by atoms with Crippen molar-refractivity contribution in [1.29, 1.82) is 0 Å². The van der Waals surface area contributed by atoms with Gasteiger partial charge in [-0.3, -0.25) is 0 Å². The molecule has 2 aromatic rings. The Morgan fingerprint density at radius 3 is 2.55 bits per heavy atom. The third kappa shape index (κ3) is 3.28. The monoisotopic (exact) mass is 498 g/mol. The normalized spacial score (nSPS) is 13.7. The molecule has 4 nitrogen and oxygen atoms in total. The summed E-state index contributed by atoms with van der Waals surface area (Å²) in [5, 5.41) is 12.5. The van der Waals surface area contributed by atoms with Crippen LogP contribution in [0.4, 0.5) is 0 Å². The van der Waals surface area contributed by atoms with Gasteiger partial charge in [-0.25, -0.2) is 0 Å². The number of halogens is 2. The second kappa shape index (κ2) is 5.80. The van der Waals surface area contributed by atoms with E-state index in [1.807, 2.05) is 27.3 Å². The highest BCUT2D eigenvalue weighted by Gasteiger charge is 2.26. The Hall–Kier alpha value is -0.350. The number of nitrogens with zero attached hydrogens (tertiary/aromatic N) is 1. The van der Waals surface area contributed by atoms with Gasteiger partial charge in [0, 0.05) is 25.1 Å². The molecule has 1 aromatic heterocycles. The van der Waals surface area contributed by atoms with Gasteiger partial charge < -0.3 is 19.4 Å². The lowest BCUT2D eigenvalue weighted by molar-refractivity contribution is -0.889. The highest BCUT2D eigenvalue weighted by Crippen LogP contribution is 2.27. The molecule has 0 aliphatic heterocycles. The van der Waals surface area contributed by atoms with Gasteiger partial charge >= 0.3 is 0 Å². The average Bonchev–Trinajstić information content (AvgIpc) is 2.67. The molecule has 0 unspecified atom stereocenters. The van der Waals surface area contributed by atoms with Gasteiger partial charge in [-0.1, -0.05) is 0 Å². The van der Waals surface area contributed by atoms with E-state index in [4.69, 9.17) is 0 Å². The summed E-state index contributed by atoms with van der Waals surface area (Å²) in [5.41, 5.74) is 2.10. The average molecular weight is 498 g/mol. The quantitative estimate of drug-likeness (QED) is 0.517. The zero-order valence-corrected chi connectivity index (χ0v) is 15.9. The van der Waals surface area contributed by atoms with Crippen LogP contribution in [0, 0.1) is 7.14 Å². The summed E-state index contributed by atoms with van der Waals surface area (Å²) in [6, 6.07) is 3.62. The molecule has 0 saturated carbocycles. The molecular formula is C14H16I2N2O2. The molecule has 1 aromatic carbocycles. The van der Waals surface area contributed by atoms with E-state index in [9.17, 15) is 9.90 Å². The van der Waals surface area contributed by atoms with Crippen molar-refractivity contribution >= 4 is 62.1 Å². The first-order valence-corrected chi connectivity index (χ1v) is 8.33. The first kappa shape index (κ1) is 16.0. The van der Waals surface area contributed by atoms with E-state index in [1.165, 1.54) is 0 Å². The maximum atomic E-state index is 11.4. The molecule has 0 fully saturated rings. The van der Waals surface area contributed by atoms with Crippen molar-refractivity contribution in [2.24, 2.45) is 0 Å². The van der Waals surface area contributed by atoms with Crippen LogP contribution in [0.2, 0.25) is 0 Å². The first-order chi connectivity index (χ1) is 9.20. The van der Waals surface area contributed by atoms with E-state index in [0.29, 0.717) is 10.9 Å². The standard InChI is InChI=1S/C14H16I2N2O2/c1-18(2,3)12(14(19)20)4-8-7-17-13-10(8)5-9(15)6-11(13)16/h5-7,12,17H,4H2,1-3H3/t12-/m0/s1. The van der Waals surface area contributed by atoms with Crippen LogP contribution in [-0.2, 0) is 11.2 Å². The van der Waals surface area contributed by atoms with Crippen LogP contribution >= 0.6 is 45.2 Å². The van der Waals surface area contributed by atoms with Crippen LogP contribution in [0.5, 0.6) is 0 Å². The predicted octanol–water partition coefficient (Wildman–Crippen LogP) is 1.74. The molecular weight excluding hydrogens is 482 g/mol. The molecule has 1 N–H and O–H groups in total. The summed E-state index contributed by atoms with van der Waals surface area (Å²) in [5.74, 6) is -1.01. The smallest absolute Gasteiger partial charge is 0.133 e. The summed E-state index contributed by atoms with van der Waals surface area (Å²) in [6.07, 6.45) is 2.37. The van der Waals surface area contributed by atoms with Crippen molar-refractivity contribution in [3.05, 3.63) is 31.0 Å². The lowest BCUT2D eigenvalue weighted by Gasteiger charge is -2.34. The van der Waals surface area contributed by atoms with E-state index in [-0.39, 0.29) is 0 Å². The zero-order chi connectivity index (χ0) is 15.1. The van der Waals surface area contributed by atoms with Gasteiger partial charge in [0.2, 0.25) is 0 Å². The number of nitrogens with one attached hydrogen (secondary N) is 1. The fourth-order valence-electron chi connectivity index (χ4n) is 2.26. The molecule has 1 atom stereocenters. The van der Waals surface area contributed by atoms with E-state index in [2.05, 4.69) is 62.3 Å². The highest BCUT2D eigenvalue weighted by molar-refractivity contribution is 14.1. The number of benzene rings is 1. The van der Waals surface area contributed by atoms with E-state index in [0.717, 1.165) is 23.6 Å². The molecule has 2 rings (SSSR count). The lowest BCUT2D eigenvalue weighted by atomic mass is 10.0. The molecule has 0 aliphatic carbocycles. The van der Waals surface area contributed by atoms with Crippen LogP contribution in [-0.4, -0.2) is 42.6 Å². The largest absolute Gasteiger partial charge is 0.544 e. The van der Waals surface area contributed by atoms with Crippen molar-refractivity contribution in [3.8, 4) is 0 Å². The molecule has 1 heterocycles. The number of hydrogen-bond donors (Lipinski definition) is 1.